The molecule has 0 aliphatic heterocycles. The zero-order valence-electron chi connectivity index (χ0n) is 18.7. The first-order chi connectivity index (χ1) is 14.3. The van der Waals surface area contributed by atoms with Crippen molar-refractivity contribution in [1.29, 1.82) is 5.41 Å². The molecule has 3 N–H and O–H groups in total. The Bertz CT molecular complexity index is 818. The van der Waals surface area contributed by atoms with Crippen LogP contribution in [-0.2, 0) is 14.3 Å². The highest BCUT2D eigenvalue weighted by atomic mass is 16.5. The summed E-state index contributed by atoms with van der Waals surface area (Å²) in [5.74, 6) is 0.662. The van der Waals surface area contributed by atoms with Crippen LogP contribution in [0.3, 0.4) is 0 Å². The first-order valence-electron chi connectivity index (χ1n) is 10.6. The van der Waals surface area contributed by atoms with Crippen LogP contribution in [0, 0.1) is 17.2 Å². The van der Waals surface area contributed by atoms with E-state index in [1.54, 1.807) is 7.11 Å². The predicted octanol–water partition coefficient (Wildman–Crippen LogP) is 4.83. The summed E-state index contributed by atoms with van der Waals surface area (Å²) in [6.45, 7) is 8.46. The summed E-state index contributed by atoms with van der Waals surface area (Å²) in [6, 6.07) is 0. The van der Waals surface area contributed by atoms with Crippen molar-refractivity contribution in [3.63, 3.8) is 0 Å². The number of guanidine groups is 1. The second-order valence-corrected chi connectivity index (χ2v) is 8.01. The largest absolute Gasteiger partial charge is 0.500 e. The van der Waals surface area contributed by atoms with E-state index in [2.05, 4.69) is 24.6 Å². The van der Waals surface area contributed by atoms with E-state index in [0.29, 0.717) is 0 Å². The third-order valence-electron chi connectivity index (χ3n) is 5.74. The van der Waals surface area contributed by atoms with Crippen molar-refractivity contribution >= 4 is 17.6 Å². The minimum atomic E-state index is -0.262. The molecular formula is C24H35N3O3. The number of hydrogen-bond acceptors (Lipinski definition) is 4. The molecule has 164 valence electrons. The number of allylic oxidation sites excluding steroid dienone is 5. The van der Waals surface area contributed by atoms with Crippen molar-refractivity contribution in [2.45, 2.75) is 58.8 Å². The number of unbranched alkanes of at least 4 members (excludes halogenated alkanes) is 3. The smallest absolute Gasteiger partial charge is 0.309 e. The van der Waals surface area contributed by atoms with E-state index in [4.69, 9.17) is 20.6 Å². The van der Waals surface area contributed by atoms with Crippen LogP contribution in [-0.4, -0.2) is 31.9 Å². The van der Waals surface area contributed by atoms with E-state index in [1.807, 2.05) is 13.0 Å². The number of nitrogens with zero attached hydrogens (tertiary/aromatic N) is 1. The summed E-state index contributed by atoms with van der Waals surface area (Å²) in [7, 11) is 3.08. The lowest BCUT2D eigenvalue weighted by Crippen LogP contribution is -2.20. The number of methoxy groups -OCH3 is 2. The van der Waals surface area contributed by atoms with Gasteiger partial charge < -0.3 is 15.2 Å². The zero-order chi connectivity index (χ0) is 22.3. The van der Waals surface area contributed by atoms with Crippen LogP contribution in [0.1, 0.15) is 58.8 Å². The molecule has 0 amide bonds. The average Bonchev–Trinajstić information content (AvgIpc) is 3.41. The standard InChI is InChI=1S/C24H35N3O3/c1-6-7-8-9-10-15(2)19(16(3)27-24(25)26)14-18-11-17(13-21(28)29-4)12-20-22(18)23(20)30-5/h11-12,19,22H,2,6-10,13-14H2,1,3-5H3,(H3,25,26). The molecule has 30 heavy (non-hydrogen) atoms. The van der Waals surface area contributed by atoms with Crippen molar-refractivity contribution in [2.24, 2.45) is 22.6 Å². The third-order valence-corrected chi connectivity index (χ3v) is 5.74. The van der Waals surface area contributed by atoms with Crippen LogP contribution < -0.4 is 5.73 Å². The lowest BCUT2D eigenvalue weighted by molar-refractivity contribution is -0.139. The molecule has 0 bridgehead atoms. The van der Waals surface area contributed by atoms with Gasteiger partial charge in [0.2, 0.25) is 5.96 Å². The van der Waals surface area contributed by atoms with Crippen LogP contribution >= 0.6 is 0 Å². The number of hydrogen-bond donors (Lipinski definition) is 2. The lowest BCUT2D eigenvalue weighted by atomic mass is 9.82. The number of aliphatic imine (C=N–C) groups is 1. The Kier molecular flexibility index (Phi) is 8.63. The van der Waals surface area contributed by atoms with Gasteiger partial charge in [0.05, 0.1) is 26.6 Å². The quantitative estimate of drug-likeness (QED) is 0.157. The molecule has 2 rings (SSSR count). The molecule has 0 spiro atoms. The van der Waals surface area contributed by atoms with Gasteiger partial charge in [-0.15, -0.1) is 0 Å². The molecule has 2 aliphatic rings. The molecule has 0 aromatic heterocycles. The first kappa shape index (κ1) is 23.6. The Morgan fingerprint density at radius 2 is 2.03 bits per heavy atom. The van der Waals surface area contributed by atoms with Crippen LogP contribution in [0.2, 0.25) is 0 Å². The number of ether oxygens (including phenoxy) is 2. The topological polar surface area (TPSA) is 97.8 Å². The van der Waals surface area contributed by atoms with E-state index >= 15 is 0 Å². The molecule has 6 heteroatoms. The fourth-order valence-corrected chi connectivity index (χ4v) is 4.10. The number of nitrogens with one attached hydrogen (secondary N) is 1. The van der Waals surface area contributed by atoms with E-state index in [1.165, 1.54) is 31.9 Å². The fraction of sp³-hybridized carbons (Fsp3) is 0.542. The van der Waals surface area contributed by atoms with Gasteiger partial charge in [0.25, 0.3) is 0 Å². The Hall–Kier alpha value is -2.63. The average molecular weight is 414 g/mol. The molecule has 0 saturated carbocycles. The highest BCUT2D eigenvalue weighted by molar-refractivity contribution is 5.96. The summed E-state index contributed by atoms with van der Waals surface area (Å²) in [5, 5.41) is 7.57. The molecule has 0 fully saturated rings. The van der Waals surface area contributed by atoms with Crippen molar-refractivity contribution in [2.75, 3.05) is 14.2 Å². The molecule has 2 aliphatic carbocycles. The molecule has 0 aromatic carbocycles. The number of nitrogens with two attached hydrogens (primary N) is 1. The maximum atomic E-state index is 11.8. The Labute approximate surface area is 180 Å². The van der Waals surface area contributed by atoms with E-state index < -0.39 is 0 Å². The minimum Gasteiger partial charge on any atom is -0.500 e. The van der Waals surface area contributed by atoms with Crippen molar-refractivity contribution in [1.82, 2.24) is 0 Å². The normalized spacial score (nSPS) is 18.8. The van der Waals surface area contributed by atoms with Gasteiger partial charge in [0, 0.05) is 17.2 Å². The SMILES string of the molecule is C=C(CCCCCC)C(CC1=CC(CC(=O)OC)=CC2=C(OC)C12)C(C)=NC(=N)N. The predicted molar refractivity (Wildman–Crippen MR) is 121 cm³/mol. The molecule has 6 nitrogen and oxygen atoms in total. The van der Waals surface area contributed by atoms with Gasteiger partial charge >= 0.3 is 5.97 Å². The third kappa shape index (κ3) is 6.18. The summed E-state index contributed by atoms with van der Waals surface area (Å²) in [5.41, 5.74) is 10.7. The highest BCUT2D eigenvalue weighted by Gasteiger charge is 2.42. The summed E-state index contributed by atoms with van der Waals surface area (Å²) >= 11 is 0. The van der Waals surface area contributed by atoms with Crippen molar-refractivity contribution in [3.8, 4) is 0 Å². The summed E-state index contributed by atoms with van der Waals surface area (Å²) in [4.78, 5) is 16.0. The van der Waals surface area contributed by atoms with Crippen LogP contribution in [0.4, 0.5) is 0 Å². The Morgan fingerprint density at radius 3 is 2.63 bits per heavy atom. The second kappa shape index (κ2) is 11.0. The monoisotopic (exact) mass is 413 g/mol. The molecule has 2 atom stereocenters. The maximum absolute atomic E-state index is 11.8. The number of rotatable bonds is 12. The van der Waals surface area contributed by atoms with E-state index in [0.717, 1.165) is 47.5 Å². The van der Waals surface area contributed by atoms with Gasteiger partial charge in [-0.1, -0.05) is 56.1 Å². The molecule has 0 heterocycles. The summed E-state index contributed by atoms with van der Waals surface area (Å²) < 4.78 is 10.4. The maximum Gasteiger partial charge on any atom is 0.309 e. The van der Waals surface area contributed by atoms with Crippen LogP contribution in [0.25, 0.3) is 0 Å². The van der Waals surface area contributed by atoms with Crippen LogP contribution in [0.15, 0.2) is 51.8 Å². The van der Waals surface area contributed by atoms with Gasteiger partial charge in [0.1, 0.15) is 5.76 Å². The number of fused-ring (bicyclic) bond motifs is 1. The molecule has 0 saturated heterocycles. The number of carbonyl (C=O) groups is 1. The van der Waals surface area contributed by atoms with Gasteiger partial charge in [-0.3, -0.25) is 10.2 Å². The molecule has 2 unspecified atom stereocenters. The highest BCUT2D eigenvalue weighted by Crippen LogP contribution is 2.51. The van der Waals surface area contributed by atoms with Crippen molar-refractivity contribution in [3.05, 3.63) is 46.8 Å². The van der Waals surface area contributed by atoms with Crippen molar-refractivity contribution < 1.29 is 14.3 Å². The minimum absolute atomic E-state index is 0.000732. The van der Waals surface area contributed by atoms with Gasteiger partial charge in [-0.25, -0.2) is 4.99 Å². The number of esters is 1. The van der Waals surface area contributed by atoms with Gasteiger partial charge in [-0.05, 0) is 31.8 Å². The zero-order valence-corrected chi connectivity index (χ0v) is 18.7. The summed E-state index contributed by atoms with van der Waals surface area (Å²) in [6.07, 6.45) is 10.7. The fourth-order valence-electron chi connectivity index (χ4n) is 4.10. The second-order valence-electron chi connectivity index (χ2n) is 8.01. The van der Waals surface area contributed by atoms with E-state index in [9.17, 15) is 4.79 Å². The Balaban J connectivity index is 2.22. The first-order valence-corrected chi connectivity index (χ1v) is 10.6. The van der Waals surface area contributed by atoms with Gasteiger partial charge in [0.15, 0.2) is 0 Å². The van der Waals surface area contributed by atoms with E-state index in [-0.39, 0.29) is 30.2 Å². The molecule has 0 radical (unpaired) electrons. The lowest BCUT2D eigenvalue weighted by Gasteiger charge is -2.23. The number of carbonyl (C=O) groups excluding carboxylic acids is 1. The Morgan fingerprint density at radius 1 is 1.30 bits per heavy atom. The molecular weight excluding hydrogens is 378 g/mol. The van der Waals surface area contributed by atoms with Gasteiger partial charge in [-0.2, -0.15) is 0 Å². The van der Waals surface area contributed by atoms with Crippen LogP contribution in [0.5, 0.6) is 0 Å². The molecule has 0 aromatic rings.